The molecule has 4 aromatic rings. The maximum absolute atomic E-state index is 13.1. The molecule has 3 heterocycles. The first kappa shape index (κ1) is 25.0. The van der Waals surface area contributed by atoms with Crippen molar-refractivity contribution < 1.29 is 9.59 Å². The average molecular weight is 507 g/mol. The summed E-state index contributed by atoms with van der Waals surface area (Å²) >= 11 is 0. The number of rotatable bonds is 7. The van der Waals surface area contributed by atoms with Crippen molar-refractivity contribution >= 4 is 34.7 Å². The minimum atomic E-state index is -0.0716. The molecule has 8 heteroatoms. The van der Waals surface area contributed by atoms with Crippen LogP contribution in [0.25, 0.3) is 11.1 Å². The summed E-state index contributed by atoms with van der Waals surface area (Å²) < 4.78 is 0. The van der Waals surface area contributed by atoms with Crippen LogP contribution in [0.4, 0.5) is 22.9 Å². The van der Waals surface area contributed by atoms with Crippen LogP contribution in [-0.2, 0) is 11.2 Å². The van der Waals surface area contributed by atoms with Crippen LogP contribution < -0.4 is 16.0 Å². The van der Waals surface area contributed by atoms with Gasteiger partial charge in [-0.25, -0.2) is 4.98 Å². The maximum Gasteiger partial charge on any atom is 0.253 e. The summed E-state index contributed by atoms with van der Waals surface area (Å²) in [4.78, 5) is 37.5. The Balaban J connectivity index is 1.24. The predicted octanol–water partition coefficient (Wildman–Crippen LogP) is 4.77. The van der Waals surface area contributed by atoms with Gasteiger partial charge in [0.15, 0.2) is 0 Å². The quantitative estimate of drug-likeness (QED) is 0.350. The molecule has 5 rings (SSSR count). The molecule has 0 saturated carbocycles. The number of amides is 2. The minimum Gasteiger partial charge on any atom is -0.399 e. The van der Waals surface area contributed by atoms with Gasteiger partial charge in [0.25, 0.3) is 5.91 Å². The number of carbonyl (C=O) groups excluding carboxylic acids is 2. The van der Waals surface area contributed by atoms with Crippen LogP contribution in [0, 0.1) is 5.92 Å². The normalized spacial score (nSPS) is 14.9. The van der Waals surface area contributed by atoms with E-state index in [-0.39, 0.29) is 17.7 Å². The van der Waals surface area contributed by atoms with Gasteiger partial charge in [-0.2, -0.15) is 0 Å². The second kappa shape index (κ2) is 10.7. The topological polar surface area (TPSA) is 104 Å². The lowest BCUT2D eigenvalue weighted by Gasteiger charge is -2.18. The molecule has 38 heavy (non-hydrogen) atoms. The number of nitrogens with zero attached hydrogens (tertiary/aromatic N) is 4. The van der Waals surface area contributed by atoms with Gasteiger partial charge in [0.1, 0.15) is 5.82 Å². The van der Waals surface area contributed by atoms with E-state index in [0.717, 1.165) is 34.5 Å². The molecule has 0 spiro atoms. The largest absolute Gasteiger partial charge is 0.399 e. The van der Waals surface area contributed by atoms with Crippen LogP contribution in [0.5, 0.6) is 0 Å². The molecule has 2 aromatic heterocycles. The third kappa shape index (κ3) is 5.49. The summed E-state index contributed by atoms with van der Waals surface area (Å²) in [5, 5.41) is 3.28. The van der Waals surface area contributed by atoms with E-state index >= 15 is 0 Å². The van der Waals surface area contributed by atoms with E-state index in [1.165, 1.54) is 0 Å². The number of hydrogen-bond acceptors (Lipinski definition) is 6. The van der Waals surface area contributed by atoms with Crippen molar-refractivity contribution in [3.05, 3.63) is 96.4 Å². The van der Waals surface area contributed by atoms with Crippen LogP contribution in [0.3, 0.4) is 0 Å². The third-order valence-electron chi connectivity index (χ3n) is 6.69. The van der Waals surface area contributed by atoms with E-state index < -0.39 is 0 Å². The fourth-order valence-corrected chi connectivity index (χ4v) is 4.68. The van der Waals surface area contributed by atoms with E-state index in [1.54, 1.807) is 42.5 Å². The summed E-state index contributed by atoms with van der Waals surface area (Å²) in [5.41, 5.74) is 11.8. The summed E-state index contributed by atoms with van der Waals surface area (Å²) in [7, 11) is 3.47. The highest BCUT2D eigenvalue weighted by Gasteiger charge is 2.32. The van der Waals surface area contributed by atoms with Crippen LogP contribution >= 0.6 is 0 Å². The fraction of sp³-hybridized carbons (Fsp3) is 0.200. The van der Waals surface area contributed by atoms with E-state index in [9.17, 15) is 9.59 Å². The second-order valence-corrected chi connectivity index (χ2v) is 9.69. The molecule has 2 amide bonds. The van der Waals surface area contributed by atoms with Gasteiger partial charge in [-0.1, -0.05) is 24.3 Å². The Morgan fingerprint density at radius 3 is 2.53 bits per heavy atom. The first-order valence-corrected chi connectivity index (χ1v) is 12.5. The van der Waals surface area contributed by atoms with Crippen LogP contribution in [0.15, 0.2) is 85.3 Å². The molecule has 3 N–H and O–H groups in total. The van der Waals surface area contributed by atoms with Crippen LogP contribution in [0.1, 0.15) is 22.3 Å². The smallest absolute Gasteiger partial charge is 0.253 e. The number of aromatic nitrogens is 2. The van der Waals surface area contributed by atoms with Gasteiger partial charge < -0.3 is 20.9 Å². The summed E-state index contributed by atoms with van der Waals surface area (Å²) in [6, 6.07) is 21.0. The van der Waals surface area contributed by atoms with E-state index in [4.69, 9.17) is 5.73 Å². The molecule has 1 fully saturated rings. The zero-order valence-electron chi connectivity index (χ0n) is 21.5. The fourth-order valence-electron chi connectivity index (χ4n) is 4.68. The number of carbonyl (C=O) groups is 2. The molecule has 1 aliphatic rings. The lowest BCUT2D eigenvalue weighted by atomic mass is 9.98. The minimum absolute atomic E-state index is 0.0300. The molecule has 192 valence electrons. The summed E-state index contributed by atoms with van der Waals surface area (Å²) in [6.45, 7) is 0.656. The SMILES string of the molecule is CN(C)C(=O)c1ccc(-c2ccc(Nc3cncc(N4CC[C@H](Cc5cccc(N)c5)C4=O)c3)nc2)cc1. The van der Waals surface area contributed by atoms with Gasteiger partial charge in [0.05, 0.1) is 23.8 Å². The lowest BCUT2D eigenvalue weighted by Crippen LogP contribution is -2.27. The Kier molecular flexibility index (Phi) is 7.04. The van der Waals surface area contributed by atoms with Crippen molar-refractivity contribution in [3.8, 4) is 11.1 Å². The Labute approximate surface area is 222 Å². The van der Waals surface area contributed by atoms with Crippen molar-refractivity contribution in [3.63, 3.8) is 0 Å². The van der Waals surface area contributed by atoms with Crippen molar-refractivity contribution in [1.29, 1.82) is 0 Å². The molecule has 0 radical (unpaired) electrons. The average Bonchev–Trinajstić information content (AvgIpc) is 3.28. The van der Waals surface area contributed by atoms with Gasteiger partial charge in [-0.15, -0.1) is 0 Å². The zero-order valence-corrected chi connectivity index (χ0v) is 21.5. The standard InChI is InChI=1S/C30H30N6O2/c1-35(2)29(37)22-8-6-21(7-9-22)24-10-11-28(33-17-24)34-26-16-27(19-32-18-26)36-13-12-23(30(36)38)14-20-4-3-5-25(31)15-20/h3-11,15-19,23H,12-14,31H2,1-2H3,(H,33,34)/t23-/m1/s1. The zero-order chi connectivity index (χ0) is 26.6. The van der Waals surface area contributed by atoms with Crippen molar-refractivity contribution in [1.82, 2.24) is 14.9 Å². The second-order valence-electron chi connectivity index (χ2n) is 9.69. The van der Waals surface area contributed by atoms with Crippen LogP contribution in [0.2, 0.25) is 0 Å². The Bertz CT molecular complexity index is 1450. The van der Waals surface area contributed by atoms with Gasteiger partial charge in [-0.05, 0) is 66.4 Å². The lowest BCUT2D eigenvalue weighted by molar-refractivity contribution is -0.120. The molecule has 0 bridgehead atoms. The van der Waals surface area contributed by atoms with E-state index in [1.807, 2.05) is 66.7 Å². The number of pyridine rings is 2. The molecule has 0 unspecified atom stereocenters. The first-order valence-electron chi connectivity index (χ1n) is 12.5. The van der Waals surface area contributed by atoms with E-state index in [2.05, 4.69) is 15.3 Å². The highest BCUT2D eigenvalue weighted by molar-refractivity contribution is 5.97. The van der Waals surface area contributed by atoms with Crippen molar-refractivity contribution in [2.45, 2.75) is 12.8 Å². The van der Waals surface area contributed by atoms with Crippen molar-refractivity contribution in [2.24, 2.45) is 5.92 Å². The van der Waals surface area contributed by atoms with Crippen molar-refractivity contribution in [2.75, 3.05) is 36.6 Å². The van der Waals surface area contributed by atoms with Gasteiger partial charge in [0.2, 0.25) is 5.91 Å². The highest BCUT2D eigenvalue weighted by atomic mass is 16.2. The Hall–Kier alpha value is -4.72. The number of benzene rings is 2. The number of anilines is 4. The number of nitrogens with one attached hydrogen (secondary N) is 1. The monoisotopic (exact) mass is 506 g/mol. The maximum atomic E-state index is 13.1. The van der Waals surface area contributed by atoms with Crippen LogP contribution in [-0.4, -0.2) is 47.3 Å². The number of hydrogen-bond donors (Lipinski definition) is 2. The predicted molar refractivity (Wildman–Crippen MR) is 150 cm³/mol. The van der Waals surface area contributed by atoms with E-state index in [0.29, 0.717) is 30.0 Å². The number of nitrogen functional groups attached to an aromatic ring is 1. The molecule has 8 nitrogen and oxygen atoms in total. The van der Waals surface area contributed by atoms with Gasteiger partial charge >= 0.3 is 0 Å². The summed E-state index contributed by atoms with van der Waals surface area (Å²) in [5.74, 6) is 0.668. The van der Waals surface area contributed by atoms with Gasteiger partial charge in [0, 0.05) is 49.6 Å². The number of nitrogens with two attached hydrogens (primary N) is 1. The third-order valence-corrected chi connectivity index (χ3v) is 6.69. The molecule has 2 aromatic carbocycles. The molecular formula is C30H30N6O2. The molecule has 1 atom stereocenters. The summed E-state index contributed by atoms with van der Waals surface area (Å²) in [6.07, 6.45) is 6.68. The molecule has 1 saturated heterocycles. The Morgan fingerprint density at radius 1 is 1.03 bits per heavy atom. The van der Waals surface area contributed by atoms with Gasteiger partial charge in [-0.3, -0.25) is 14.6 Å². The molecule has 0 aliphatic carbocycles. The molecular weight excluding hydrogens is 476 g/mol. The highest BCUT2D eigenvalue weighted by Crippen LogP contribution is 2.30. The molecule has 1 aliphatic heterocycles. The Morgan fingerprint density at radius 2 is 1.82 bits per heavy atom. The first-order chi connectivity index (χ1) is 18.4.